The summed E-state index contributed by atoms with van der Waals surface area (Å²) in [6.45, 7) is 2.21. The van der Waals surface area contributed by atoms with Gasteiger partial charge in [-0.15, -0.1) is 0 Å². The van der Waals surface area contributed by atoms with Crippen LogP contribution < -0.4 is 10.5 Å². The Labute approximate surface area is 85.1 Å². The van der Waals surface area contributed by atoms with Crippen LogP contribution in [0.25, 0.3) is 0 Å². The Balaban J connectivity index is 2.25. The predicted octanol–water partition coefficient (Wildman–Crippen LogP) is 2.07. The van der Waals surface area contributed by atoms with E-state index >= 15 is 0 Å². The van der Waals surface area contributed by atoms with Gasteiger partial charge >= 0.3 is 0 Å². The molecule has 0 spiro atoms. The van der Waals surface area contributed by atoms with Crippen molar-refractivity contribution in [2.24, 2.45) is 5.73 Å². The van der Waals surface area contributed by atoms with E-state index in [0.717, 1.165) is 18.6 Å². The van der Waals surface area contributed by atoms with Crippen molar-refractivity contribution in [3.05, 3.63) is 29.8 Å². The topological polar surface area (TPSA) is 35.2 Å². The van der Waals surface area contributed by atoms with Crippen LogP contribution in [-0.4, -0.2) is 13.2 Å². The van der Waals surface area contributed by atoms with Crippen molar-refractivity contribution in [2.75, 3.05) is 7.11 Å². The molecule has 2 rings (SSSR count). The maximum Gasteiger partial charge on any atom is 0.118 e. The molecule has 1 aliphatic carbocycles. The Morgan fingerprint density at radius 2 is 2.00 bits per heavy atom. The molecule has 0 heterocycles. The Hall–Kier alpha value is -1.02. The van der Waals surface area contributed by atoms with E-state index in [0.29, 0.717) is 6.04 Å². The molecule has 2 heteroatoms. The van der Waals surface area contributed by atoms with Gasteiger partial charge < -0.3 is 10.5 Å². The van der Waals surface area contributed by atoms with Gasteiger partial charge in [0.1, 0.15) is 5.75 Å². The van der Waals surface area contributed by atoms with Crippen molar-refractivity contribution in [1.82, 2.24) is 0 Å². The van der Waals surface area contributed by atoms with Crippen LogP contribution in [0, 0.1) is 0 Å². The average Bonchev–Trinajstić information content (AvgIpc) is 2.91. The second-order valence-electron chi connectivity index (χ2n) is 4.05. The van der Waals surface area contributed by atoms with Crippen molar-refractivity contribution in [2.45, 2.75) is 31.2 Å². The Kier molecular flexibility index (Phi) is 2.23. The first-order chi connectivity index (χ1) is 6.73. The van der Waals surface area contributed by atoms with E-state index < -0.39 is 0 Å². The molecule has 76 valence electrons. The van der Waals surface area contributed by atoms with Gasteiger partial charge in [0.2, 0.25) is 0 Å². The van der Waals surface area contributed by atoms with Crippen LogP contribution in [0.5, 0.6) is 5.75 Å². The highest BCUT2D eigenvalue weighted by Gasteiger charge is 2.51. The van der Waals surface area contributed by atoms with Gasteiger partial charge in [0, 0.05) is 11.5 Å². The lowest BCUT2D eigenvalue weighted by molar-refractivity contribution is 0.414. The number of nitrogens with two attached hydrogens (primary N) is 1. The fourth-order valence-corrected chi connectivity index (χ4v) is 2.20. The molecule has 2 atom stereocenters. The standard InChI is InChI=1S/C12H17NO/c1-3-12(8-11(12)13)9-4-6-10(14-2)7-5-9/h4-7,11H,3,8,13H2,1-2H3/t11-,12?/m1/s1. The summed E-state index contributed by atoms with van der Waals surface area (Å²) in [7, 11) is 1.69. The van der Waals surface area contributed by atoms with Crippen LogP contribution in [0.2, 0.25) is 0 Å². The molecule has 1 aromatic carbocycles. The first-order valence-electron chi connectivity index (χ1n) is 5.13. The number of hydrogen-bond acceptors (Lipinski definition) is 2. The Morgan fingerprint density at radius 3 is 2.36 bits per heavy atom. The molecule has 0 aliphatic heterocycles. The molecule has 14 heavy (non-hydrogen) atoms. The summed E-state index contributed by atoms with van der Waals surface area (Å²) in [4.78, 5) is 0. The molecule has 0 amide bonds. The van der Waals surface area contributed by atoms with E-state index in [4.69, 9.17) is 10.5 Å². The Morgan fingerprint density at radius 1 is 1.43 bits per heavy atom. The second-order valence-corrected chi connectivity index (χ2v) is 4.05. The van der Waals surface area contributed by atoms with Gasteiger partial charge in [0.05, 0.1) is 7.11 Å². The molecule has 1 fully saturated rings. The minimum atomic E-state index is 0.256. The minimum Gasteiger partial charge on any atom is -0.497 e. The van der Waals surface area contributed by atoms with E-state index in [2.05, 4.69) is 19.1 Å². The molecule has 2 N–H and O–H groups in total. The highest BCUT2D eigenvalue weighted by molar-refractivity contribution is 5.39. The lowest BCUT2D eigenvalue weighted by Gasteiger charge is -2.14. The zero-order valence-corrected chi connectivity index (χ0v) is 8.79. The summed E-state index contributed by atoms with van der Waals surface area (Å²) < 4.78 is 5.13. The maximum atomic E-state index is 5.98. The molecule has 0 radical (unpaired) electrons. The average molecular weight is 191 g/mol. The normalized spacial score (nSPS) is 30.1. The SMILES string of the molecule is CCC1(c2ccc(OC)cc2)C[C@H]1N. The maximum absolute atomic E-state index is 5.98. The first kappa shape index (κ1) is 9.53. The minimum absolute atomic E-state index is 0.256. The molecule has 2 nitrogen and oxygen atoms in total. The van der Waals surface area contributed by atoms with Crippen molar-refractivity contribution in [1.29, 1.82) is 0 Å². The number of benzene rings is 1. The van der Waals surface area contributed by atoms with Crippen LogP contribution in [0.1, 0.15) is 25.3 Å². The highest BCUT2D eigenvalue weighted by Crippen LogP contribution is 2.49. The molecule has 1 aliphatic rings. The van der Waals surface area contributed by atoms with Gasteiger partial charge in [-0.2, -0.15) is 0 Å². The zero-order valence-electron chi connectivity index (χ0n) is 8.79. The third kappa shape index (κ3) is 1.30. The van der Waals surface area contributed by atoms with Crippen LogP contribution in [0.4, 0.5) is 0 Å². The Bertz CT molecular complexity index is 316. The predicted molar refractivity (Wildman–Crippen MR) is 57.6 cm³/mol. The summed E-state index contributed by atoms with van der Waals surface area (Å²) in [5.74, 6) is 0.911. The summed E-state index contributed by atoms with van der Waals surface area (Å²) in [5, 5.41) is 0. The van der Waals surface area contributed by atoms with E-state index in [1.54, 1.807) is 7.11 Å². The van der Waals surface area contributed by atoms with Crippen LogP contribution in [0.3, 0.4) is 0 Å². The smallest absolute Gasteiger partial charge is 0.118 e. The van der Waals surface area contributed by atoms with Crippen molar-refractivity contribution < 1.29 is 4.74 Å². The van der Waals surface area contributed by atoms with Crippen LogP contribution >= 0.6 is 0 Å². The van der Waals surface area contributed by atoms with E-state index in [1.165, 1.54) is 5.56 Å². The summed E-state index contributed by atoms with van der Waals surface area (Å²) >= 11 is 0. The van der Waals surface area contributed by atoms with Gasteiger partial charge in [-0.05, 0) is 30.5 Å². The van der Waals surface area contributed by atoms with Gasteiger partial charge in [-0.1, -0.05) is 19.1 Å². The fourth-order valence-electron chi connectivity index (χ4n) is 2.20. The van der Waals surface area contributed by atoms with Gasteiger partial charge in [-0.3, -0.25) is 0 Å². The first-order valence-corrected chi connectivity index (χ1v) is 5.13. The van der Waals surface area contributed by atoms with Crippen LogP contribution in [0.15, 0.2) is 24.3 Å². The largest absolute Gasteiger partial charge is 0.497 e. The van der Waals surface area contributed by atoms with Gasteiger partial charge in [-0.25, -0.2) is 0 Å². The summed E-state index contributed by atoms with van der Waals surface area (Å²) in [5.41, 5.74) is 7.59. The second kappa shape index (κ2) is 3.28. The summed E-state index contributed by atoms with van der Waals surface area (Å²) in [6, 6.07) is 8.64. The molecule has 1 unspecified atom stereocenters. The molecular weight excluding hydrogens is 174 g/mol. The lowest BCUT2D eigenvalue weighted by Crippen LogP contribution is -2.17. The van der Waals surface area contributed by atoms with Crippen molar-refractivity contribution in [3.8, 4) is 5.75 Å². The molecule has 0 saturated heterocycles. The third-order valence-electron chi connectivity index (χ3n) is 3.43. The van der Waals surface area contributed by atoms with Crippen molar-refractivity contribution in [3.63, 3.8) is 0 Å². The number of hydrogen-bond donors (Lipinski definition) is 1. The van der Waals surface area contributed by atoms with E-state index in [9.17, 15) is 0 Å². The number of rotatable bonds is 3. The van der Waals surface area contributed by atoms with Crippen molar-refractivity contribution >= 4 is 0 Å². The quantitative estimate of drug-likeness (QED) is 0.793. The molecule has 1 saturated carbocycles. The molecular formula is C12H17NO. The number of ether oxygens (including phenoxy) is 1. The van der Waals surface area contributed by atoms with E-state index in [-0.39, 0.29) is 5.41 Å². The summed E-state index contributed by atoms with van der Waals surface area (Å²) in [6.07, 6.45) is 2.25. The third-order valence-corrected chi connectivity index (χ3v) is 3.43. The monoisotopic (exact) mass is 191 g/mol. The lowest BCUT2D eigenvalue weighted by atomic mass is 9.92. The zero-order chi connectivity index (χ0) is 10.2. The molecule has 0 bridgehead atoms. The highest BCUT2D eigenvalue weighted by atomic mass is 16.5. The molecule has 0 aromatic heterocycles. The van der Waals surface area contributed by atoms with Crippen LogP contribution in [-0.2, 0) is 5.41 Å². The van der Waals surface area contributed by atoms with Gasteiger partial charge in [0.25, 0.3) is 0 Å². The van der Waals surface area contributed by atoms with Gasteiger partial charge in [0.15, 0.2) is 0 Å². The molecule has 1 aromatic rings. The van der Waals surface area contributed by atoms with E-state index in [1.807, 2.05) is 12.1 Å². The fraction of sp³-hybridized carbons (Fsp3) is 0.500. The number of methoxy groups -OCH3 is 1.